The van der Waals surface area contributed by atoms with Gasteiger partial charge in [-0.2, -0.15) is 0 Å². The second-order valence-electron chi connectivity index (χ2n) is 7.69. The summed E-state index contributed by atoms with van der Waals surface area (Å²) < 4.78 is 0. The molecule has 3 rings (SSSR count). The quantitative estimate of drug-likeness (QED) is 0.635. The Balaban J connectivity index is 2.26. The summed E-state index contributed by atoms with van der Waals surface area (Å²) >= 11 is 0. The van der Waals surface area contributed by atoms with Gasteiger partial charge in [0.25, 0.3) is 0 Å². The zero-order chi connectivity index (χ0) is 16.8. The minimum absolute atomic E-state index is 0.161. The lowest BCUT2D eigenvalue weighted by atomic mass is 9.79. The standard InChI is InChI=1S/C22H25N/c1-14-10-15(2)18(11-14)19-12-16-8-6-7-9-17(16)13-20(19)21(23)22(3,4)5/h6-13,18,23H,1-5H3. The van der Waals surface area contributed by atoms with Gasteiger partial charge in [-0.1, -0.05) is 68.3 Å². The summed E-state index contributed by atoms with van der Waals surface area (Å²) in [5.41, 5.74) is 5.57. The molecular formula is C22H25N. The highest BCUT2D eigenvalue weighted by Crippen LogP contribution is 2.38. The first-order valence-electron chi connectivity index (χ1n) is 8.26. The minimum Gasteiger partial charge on any atom is -0.304 e. The molecule has 0 bridgehead atoms. The van der Waals surface area contributed by atoms with Crippen molar-refractivity contribution in [3.8, 4) is 0 Å². The Kier molecular flexibility index (Phi) is 3.75. The van der Waals surface area contributed by atoms with Crippen molar-refractivity contribution < 1.29 is 0 Å². The number of hydrogen-bond acceptors (Lipinski definition) is 1. The third-order valence-corrected chi connectivity index (χ3v) is 4.65. The second-order valence-corrected chi connectivity index (χ2v) is 7.69. The summed E-state index contributed by atoms with van der Waals surface area (Å²) in [4.78, 5) is 0. The topological polar surface area (TPSA) is 23.9 Å². The maximum absolute atomic E-state index is 8.74. The molecule has 1 atom stereocenters. The second kappa shape index (κ2) is 5.49. The zero-order valence-electron chi connectivity index (χ0n) is 14.7. The van der Waals surface area contributed by atoms with Crippen LogP contribution in [0.25, 0.3) is 10.8 Å². The van der Waals surface area contributed by atoms with E-state index in [1.54, 1.807) is 0 Å². The predicted molar refractivity (Wildman–Crippen MR) is 100 cm³/mol. The molecule has 0 amide bonds. The molecular weight excluding hydrogens is 278 g/mol. The van der Waals surface area contributed by atoms with Crippen molar-refractivity contribution in [3.63, 3.8) is 0 Å². The summed E-state index contributed by atoms with van der Waals surface area (Å²) in [5.74, 6) is 0.289. The van der Waals surface area contributed by atoms with Gasteiger partial charge >= 0.3 is 0 Å². The highest BCUT2D eigenvalue weighted by molar-refractivity contribution is 6.06. The molecule has 1 nitrogen and oxygen atoms in total. The first-order chi connectivity index (χ1) is 10.8. The predicted octanol–water partition coefficient (Wildman–Crippen LogP) is 6.24. The fourth-order valence-electron chi connectivity index (χ4n) is 3.36. The SMILES string of the molecule is CC1=CC(c2cc3ccccc3cc2C(=N)C(C)(C)C)C(C)=C1. The van der Waals surface area contributed by atoms with E-state index < -0.39 is 0 Å². The average molecular weight is 303 g/mol. The van der Waals surface area contributed by atoms with E-state index in [-0.39, 0.29) is 11.3 Å². The fourth-order valence-corrected chi connectivity index (χ4v) is 3.36. The maximum Gasteiger partial charge on any atom is 0.0442 e. The Morgan fingerprint density at radius 2 is 1.61 bits per heavy atom. The van der Waals surface area contributed by atoms with Crippen molar-refractivity contribution >= 4 is 16.5 Å². The largest absolute Gasteiger partial charge is 0.304 e. The number of rotatable bonds is 2. The molecule has 1 heteroatoms. The number of benzene rings is 2. The molecule has 0 spiro atoms. The summed E-state index contributed by atoms with van der Waals surface area (Å²) in [6.07, 6.45) is 4.57. The first kappa shape index (κ1) is 15.7. The van der Waals surface area contributed by atoms with E-state index in [1.165, 1.54) is 27.5 Å². The molecule has 118 valence electrons. The van der Waals surface area contributed by atoms with Crippen LogP contribution in [0.15, 0.2) is 59.7 Å². The van der Waals surface area contributed by atoms with Crippen LogP contribution in [0.3, 0.4) is 0 Å². The molecule has 1 N–H and O–H groups in total. The smallest absolute Gasteiger partial charge is 0.0442 e. The fraction of sp³-hybridized carbons (Fsp3) is 0.318. The monoisotopic (exact) mass is 303 g/mol. The molecule has 0 saturated heterocycles. The van der Waals surface area contributed by atoms with Gasteiger partial charge in [-0.25, -0.2) is 0 Å². The molecule has 23 heavy (non-hydrogen) atoms. The lowest BCUT2D eigenvalue weighted by molar-refractivity contribution is 0.588. The van der Waals surface area contributed by atoms with Crippen LogP contribution in [0, 0.1) is 10.8 Å². The van der Waals surface area contributed by atoms with Gasteiger partial charge in [-0.15, -0.1) is 0 Å². The van der Waals surface area contributed by atoms with Crippen LogP contribution in [0.2, 0.25) is 0 Å². The van der Waals surface area contributed by atoms with Crippen LogP contribution in [0.1, 0.15) is 51.7 Å². The van der Waals surface area contributed by atoms with E-state index in [4.69, 9.17) is 5.41 Å². The van der Waals surface area contributed by atoms with Gasteiger partial charge in [-0.3, -0.25) is 0 Å². The maximum atomic E-state index is 8.74. The lowest BCUT2D eigenvalue weighted by Crippen LogP contribution is -2.22. The Morgan fingerprint density at radius 3 is 2.13 bits per heavy atom. The average Bonchev–Trinajstić information content (AvgIpc) is 2.82. The molecule has 2 aromatic rings. The van der Waals surface area contributed by atoms with Crippen LogP contribution in [0.5, 0.6) is 0 Å². The number of hydrogen-bond donors (Lipinski definition) is 1. The number of nitrogens with one attached hydrogen (secondary N) is 1. The van der Waals surface area contributed by atoms with Crippen LogP contribution in [-0.2, 0) is 0 Å². The van der Waals surface area contributed by atoms with E-state index in [2.05, 4.69) is 83.2 Å². The highest BCUT2D eigenvalue weighted by Gasteiger charge is 2.26. The lowest BCUT2D eigenvalue weighted by Gasteiger charge is -2.25. The van der Waals surface area contributed by atoms with Gasteiger partial charge in [0.05, 0.1) is 0 Å². The molecule has 1 aliphatic carbocycles. The van der Waals surface area contributed by atoms with Gasteiger partial charge in [0, 0.05) is 22.6 Å². The van der Waals surface area contributed by atoms with Crippen molar-refractivity contribution in [2.45, 2.75) is 40.5 Å². The van der Waals surface area contributed by atoms with E-state index >= 15 is 0 Å². The summed E-state index contributed by atoms with van der Waals surface area (Å²) in [5, 5.41) is 11.2. The highest BCUT2D eigenvalue weighted by atomic mass is 14.5. The Hall–Kier alpha value is -2.15. The van der Waals surface area contributed by atoms with Crippen LogP contribution in [-0.4, -0.2) is 5.71 Å². The van der Waals surface area contributed by atoms with Crippen LogP contribution in [0.4, 0.5) is 0 Å². The molecule has 0 heterocycles. The first-order valence-corrected chi connectivity index (χ1v) is 8.26. The van der Waals surface area contributed by atoms with Crippen LogP contribution >= 0.6 is 0 Å². The van der Waals surface area contributed by atoms with Gasteiger partial charge in [0.2, 0.25) is 0 Å². The van der Waals surface area contributed by atoms with Gasteiger partial charge < -0.3 is 5.41 Å². The molecule has 1 aliphatic rings. The molecule has 0 radical (unpaired) electrons. The van der Waals surface area contributed by atoms with Crippen molar-refractivity contribution in [2.75, 3.05) is 0 Å². The van der Waals surface area contributed by atoms with Crippen LogP contribution < -0.4 is 0 Å². The molecule has 0 aliphatic heterocycles. The molecule has 0 aromatic heterocycles. The van der Waals surface area contributed by atoms with Crippen molar-refractivity contribution in [2.24, 2.45) is 5.41 Å². The zero-order valence-corrected chi connectivity index (χ0v) is 14.7. The minimum atomic E-state index is -0.161. The van der Waals surface area contributed by atoms with Crippen molar-refractivity contribution in [1.82, 2.24) is 0 Å². The Labute approximate surface area is 139 Å². The summed E-state index contributed by atoms with van der Waals surface area (Å²) in [6, 6.07) is 12.9. The molecule has 2 aromatic carbocycles. The van der Waals surface area contributed by atoms with E-state index in [0.717, 1.165) is 5.56 Å². The molecule has 0 saturated carbocycles. The number of fused-ring (bicyclic) bond motifs is 1. The molecule has 0 fully saturated rings. The van der Waals surface area contributed by atoms with E-state index in [9.17, 15) is 0 Å². The Bertz CT molecular complexity index is 844. The molecule has 1 unspecified atom stereocenters. The van der Waals surface area contributed by atoms with Crippen molar-refractivity contribution in [3.05, 3.63) is 70.8 Å². The van der Waals surface area contributed by atoms with E-state index in [1.807, 2.05) is 0 Å². The van der Waals surface area contributed by atoms with Crippen molar-refractivity contribution in [1.29, 1.82) is 5.41 Å². The third kappa shape index (κ3) is 2.88. The Morgan fingerprint density at radius 1 is 1.00 bits per heavy atom. The van der Waals surface area contributed by atoms with Gasteiger partial charge in [0.15, 0.2) is 0 Å². The van der Waals surface area contributed by atoms with Gasteiger partial charge in [0.1, 0.15) is 0 Å². The normalized spacial score (nSPS) is 18.0. The number of allylic oxidation sites excluding steroid dienone is 4. The summed E-state index contributed by atoms with van der Waals surface area (Å²) in [6.45, 7) is 10.7. The third-order valence-electron chi connectivity index (χ3n) is 4.65. The van der Waals surface area contributed by atoms with E-state index in [0.29, 0.717) is 5.71 Å². The van der Waals surface area contributed by atoms with Gasteiger partial charge in [-0.05, 0) is 42.3 Å². The summed E-state index contributed by atoms with van der Waals surface area (Å²) in [7, 11) is 0.